The number of likely N-dealkylation sites (tertiary alicyclic amines) is 1. The third kappa shape index (κ3) is 4.68. The Balaban J connectivity index is 0.00000144. The van der Waals surface area contributed by atoms with Gasteiger partial charge in [-0.15, -0.1) is 12.4 Å². The molecule has 0 radical (unpaired) electrons. The summed E-state index contributed by atoms with van der Waals surface area (Å²) in [5.41, 5.74) is 0. The topological polar surface area (TPSA) is 3.24 Å². The molecule has 1 heterocycles. The lowest BCUT2D eigenvalue weighted by atomic mass is 9.96. The first kappa shape index (κ1) is 13.0. The van der Waals surface area contributed by atoms with Crippen LogP contribution in [0.2, 0.25) is 0 Å². The lowest BCUT2D eigenvalue weighted by Gasteiger charge is -2.31. The van der Waals surface area contributed by atoms with Crippen LogP contribution in [0.1, 0.15) is 33.1 Å². The number of piperidine rings is 1. The molecule has 2 heteroatoms. The number of allylic oxidation sites excluding steroid dienone is 1. The van der Waals surface area contributed by atoms with Crippen LogP contribution in [0.4, 0.5) is 0 Å². The van der Waals surface area contributed by atoms with Gasteiger partial charge >= 0.3 is 0 Å². The van der Waals surface area contributed by atoms with Crippen molar-refractivity contribution in [3.8, 4) is 0 Å². The zero-order valence-corrected chi connectivity index (χ0v) is 9.65. The fraction of sp³-hybridized carbons (Fsp3) is 0.818. The predicted octanol–water partition coefficient (Wildman–Crippen LogP) is 3.11. The standard InChI is InChI=1S/C11H21N.ClH/c1-3-5-8-12-9-6-7-11(4-2)10-12;/h3,5,11H,4,6-10H2,1-2H3;1H/b5-3+;. The van der Waals surface area contributed by atoms with E-state index in [0.717, 1.165) is 12.5 Å². The molecular weight excluding hydrogens is 182 g/mol. The molecule has 0 N–H and O–H groups in total. The SMILES string of the molecule is C/C=C/CN1CCCC(CC)C1.Cl. The van der Waals surface area contributed by atoms with E-state index in [0.29, 0.717) is 0 Å². The maximum absolute atomic E-state index is 2.57. The molecule has 0 aromatic heterocycles. The van der Waals surface area contributed by atoms with Gasteiger partial charge in [0.1, 0.15) is 0 Å². The van der Waals surface area contributed by atoms with Crippen molar-refractivity contribution >= 4 is 12.4 Å². The number of hydrogen-bond acceptors (Lipinski definition) is 1. The Morgan fingerprint density at radius 2 is 2.23 bits per heavy atom. The fourth-order valence-corrected chi connectivity index (χ4v) is 1.90. The van der Waals surface area contributed by atoms with Crippen LogP contribution in [-0.4, -0.2) is 24.5 Å². The largest absolute Gasteiger partial charge is 0.299 e. The highest BCUT2D eigenvalue weighted by Crippen LogP contribution is 2.18. The molecule has 0 amide bonds. The molecule has 0 spiro atoms. The molecule has 1 rings (SSSR count). The monoisotopic (exact) mass is 203 g/mol. The minimum absolute atomic E-state index is 0. The minimum atomic E-state index is 0. The van der Waals surface area contributed by atoms with Crippen molar-refractivity contribution in [2.24, 2.45) is 5.92 Å². The highest BCUT2D eigenvalue weighted by atomic mass is 35.5. The molecule has 0 aromatic carbocycles. The first-order valence-corrected chi connectivity index (χ1v) is 5.20. The van der Waals surface area contributed by atoms with Gasteiger partial charge in [0.25, 0.3) is 0 Å². The summed E-state index contributed by atoms with van der Waals surface area (Å²) in [7, 11) is 0. The van der Waals surface area contributed by atoms with Crippen molar-refractivity contribution < 1.29 is 0 Å². The van der Waals surface area contributed by atoms with Crippen LogP contribution < -0.4 is 0 Å². The van der Waals surface area contributed by atoms with Gasteiger partial charge in [-0.05, 0) is 32.2 Å². The second-order valence-corrected chi connectivity index (χ2v) is 3.75. The average molecular weight is 204 g/mol. The minimum Gasteiger partial charge on any atom is -0.299 e. The molecular formula is C11H22ClN. The number of halogens is 1. The van der Waals surface area contributed by atoms with Crippen molar-refractivity contribution in [3.05, 3.63) is 12.2 Å². The van der Waals surface area contributed by atoms with E-state index < -0.39 is 0 Å². The molecule has 1 aliphatic heterocycles. The number of nitrogens with zero attached hydrogens (tertiary/aromatic N) is 1. The van der Waals surface area contributed by atoms with E-state index in [9.17, 15) is 0 Å². The van der Waals surface area contributed by atoms with Crippen molar-refractivity contribution in [2.75, 3.05) is 19.6 Å². The Hall–Kier alpha value is -0.0100. The van der Waals surface area contributed by atoms with Crippen LogP contribution in [0.5, 0.6) is 0 Å². The molecule has 13 heavy (non-hydrogen) atoms. The fourth-order valence-electron chi connectivity index (χ4n) is 1.90. The van der Waals surface area contributed by atoms with Gasteiger partial charge in [-0.1, -0.05) is 25.5 Å². The Labute approximate surface area is 88.6 Å². The van der Waals surface area contributed by atoms with Crippen LogP contribution in [0, 0.1) is 5.92 Å². The molecule has 78 valence electrons. The van der Waals surface area contributed by atoms with E-state index >= 15 is 0 Å². The quantitative estimate of drug-likeness (QED) is 0.638. The van der Waals surface area contributed by atoms with E-state index in [1.165, 1.54) is 32.4 Å². The molecule has 1 nitrogen and oxygen atoms in total. The smallest absolute Gasteiger partial charge is 0.0163 e. The molecule has 0 aliphatic carbocycles. The van der Waals surface area contributed by atoms with Crippen LogP contribution >= 0.6 is 12.4 Å². The van der Waals surface area contributed by atoms with Crippen LogP contribution in [0.15, 0.2) is 12.2 Å². The normalized spacial score (nSPS) is 24.6. The van der Waals surface area contributed by atoms with E-state index in [1.54, 1.807) is 0 Å². The maximum Gasteiger partial charge on any atom is 0.0163 e. The van der Waals surface area contributed by atoms with Crippen LogP contribution in [0.25, 0.3) is 0 Å². The molecule has 0 saturated carbocycles. The number of rotatable bonds is 3. The molecule has 0 bridgehead atoms. The van der Waals surface area contributed by atoms with Gasteiger partial charge < -0.3 is 0 Å². The molecule has 0 aromatic rings. The van der Waals surface area contributed by atoms with Gasteiger partial charge in [0.2, 0.25) is 0 Å². The average Bonchev–Trinajstić information content (AvgIpc) is 2.15. The Bertz CT molecular complexity index is 145. The highest BCUT2D eigenvalue weighted by molar-refractivity contribution is 5.85. The summed E-state index contributed by atoms with van der Waals surface area (Å²) >= 11 is 0. The third-order valence-corrected chi connectivity index (χ3v) is 2.78. The summed E-state index contributed by atoms with van der Waals surface area (Å²) in [6.07, 6.45) is 8.61. The Morgan fingerprint density at radius 3 is 2.85 bits per heavy atom. The van der Waals surface area contributed by atoms with E-state index in [2.05, 4.69) is 30.9 Å². The van der Waals surface area contributed by atoms with Gasteiger partial charge in [0, 0.05) is 13.1 Å². The van der Waals surface area contributed by atoms with E-state index in [-0.39, 0.29) is 12.4 Å². The second-order valence-electron chi connectivity index (χ2n) is 3.75. The van der Waals surface area contributed by atoms with Crippen molar-refractivity contribution in [1.82, 2.24) is 4.90 Å². The second kappa shape index (κ2) is 7.40. The van der Waals surface area contributed by atoms with Gasteiger partial charge in [0.15, 0.2) is 0 Å². The van der Waals surface area contributed by atoms with E-state index in [4.69, 9.17) is 0 Å². The molecule has 1 unspecified atom stereocenters. The van der Waals surface area contributed by atoms with Crippen molar-refractivity contribution in [1.29, 1.82) is 0 Å². The zero-order chi connectivity index (χ0) is 8.81. The van der Waals surface area contributed by atoms with Crippen molar-refractivity contribution in [2.45, 2.75) is 33.1 Å². The summed E-state index contributed by atoms with van der Waals surface area (Å²) in [5.74, 6) is 0.962. The molecule has 1 saturated heterocycles. The zero-order valence-electron chi connectivity index (χ0n) is 8.83. The van der Waals surface area contributed by atoms with Crippen molar-refractivity contribution in [3.63, 3.8) is 0 Å². The van der Waals surface area contributed by atoms with Gasteiger partial charge in [-0.2, -0.15) is 0 Å². The molecule has 1 fully saturated rings. The Morgan fingerprint density at radius 1 is 1.46 bits per heavy atom. The van der Waals surface area contributed by atoms with Crippen LogP contribution in [-0.2, 0) is 0 Å². The van der Waals surface area contributed by atoms with Gasteiger partial charge in [-0.3, -0.25) is 4.90 Å². The van der Waals surface area contributed by atoms with E-state index in [1.807, 2.05) is 0 Å². The van der Waals surface area contributed by atoms with Gasteiger partial charge in [-0.25, -0.2) is 0 Å². The first-order chi connectivity index (χ1) is 5.86. The molecule has 1 atom stereocenters. The third-order valence-electron chi connectivity index (χ3n) is 2.78. The summed E-state index contributed by atoms with van der Waals surface area (Å²) in [4.78, 5) is 2.57. The maximum atomic E-state index is 2.57. The summed E-state index contributed by atoms with van der Waals surface area (Å²) in [6.45, 7) is 8.19. The highest BCUT2D eigenvalue weighted by Gasteiger charge is 2.16. The van der Waals surface area contributed by atoms with Gasteiger partial charge in [0.05, 0.1) is 0 Å². The number of hydrogen-bond donors (Lipinski definition) is 0. The first-order valence-electron chi connectivity index (χ1n) is 5.20. The lowest BCUT2D eigenvalue weighted by molar-refractivity contribution is 0.188. The molecule has 1 aliphatic rings. The Kier molecular flexibility index (Phi) is 7.39. The summed E-state index contributed by atoms with van der Waals surface area (Å²) < 4.78 is 0. The lowest BCUT2D eigenvalue weighted by Crippen LogP contribution is -2.35. The summed E-state index contributed by atoms with van der Waals surface area (Å²) in [5, 5.41) is 0. The van der Waals surface area contributed by atoms with Crippen LogP contribution in [0.3, 0.4) is 0 Å². The summed E-state index contributed by atoms with van der Waals surface area (Å²) in [6, 6.07) is 0. The predicted molar refractivity (Wildman–Crippen MR) is 61.5 cm³/mol.